The number of rotatable bonds is 9. The van der Waals surface area contributed by atoms with E-state index in [1.807, 2.05) is 0 Å². The van der Waals surface area contributed by atoms with Gasteiger partial charge in [0.15, 0.2) is 11.5 Å². The highest BCUT2D eigenvalue weighted by Gasteiger charge is 2.28. The van der Waals surface area contributed by atoms with Crippen molar-refractivity contribution in [3.63, 3.8) is 0 Å². The van der Waals surface area contributed by atoms with Crippen LogP contribution in [-0.2, 0) is 9.53 Å². The Labute approximate surface area is 251 Å². The molecule has 0 aliphatic rings. The summed E-state index contributed by atoms with van der Waals surface area (Å²) in [6.45, 7) is 3.03. The lowest BCUT2D eigenvalue weighted by atomic mass is 10.1. The summed E-state index contributed by atoms with van der Waals surface area (Å²) in [7, 11) is 5.78. The minimum absolute atomic E-state index is 0.0643. The van der Waals surface area contributed by atoms with E-state index in [2.05, 4.69) is 10.6 Å². The summed E-state index contributed by atoms with van der Waals surface area (Å²) in [4.78, 5) is 22.5. The van der Waals surface area contributed by atoms with Crippen LogP contribution in [0.3, 0.4) is 0 Å². The SMILES string of the molecule is CCOC(=O)Nc1oc(-c2c(OC)cccc2OC)c(O)c1O.COc1cccc(OC)c1-c1oc(NC(C)=O)c(O)c1O. The van der Waals surface area contributed by atoms with Crippen molar-refractivity contribution in [3.8, 4) is 68.6 Å². The Bertz CT molecular complexity index is 1580. The first-order valence-corrected chi connectivity index (χ1v) is 12.8. The van der Waals surface area contributed by atoms with Crippen LogP contribution in [0.2, 0.25) is 0 Å². The maximum Gasteiger partial charge on any atom is 0.414 e. The van der Waals surface area contributed by atoms with Crippen LogP contribution in [0, 0.1) is 0 Å². The van der Waals surface area contributed by atoms with Crippen molar-refractivity contribution in [2.24, 2.45) is 0 Å². The highest BCUT2D eigenvalue weighted by atomic mass is 16.6. The van der Waals surface area contributed by atoms with Crippen LogP contribution in [0.1, 0.15) is 13.8 Å². The van der Waals surface area contributed by atoms with Crippen LogP contribution in [0.15, 0.2) is 45.2 Å². The molecule has 2 heterocycles. The molecule has 2 amide bonds. The average molecular weight is 617 g/mol. The van der Waals surface area contributed by atoms with Crippen LogP contribution < -0.4 is 29.6 Å². The Morgan fingerprint density at radius 2 is 1.02 bits per heavy atom. The standard InChI is InChI=1S/C15H17NO7.C14H15NO6/c1-4-22-15(19)16-14-12(18)11(17)13(23-14)10-8(20-2)6-5-7-9(10)21-3;1-7(16)15-14-12(18)11(17)13(21-14)10-8(19-2)5-4-6-9(10)20-3/h5-7,17-18H,4H2,1-3H3,(H,16,19);4-6,17-18H,1-3H3,(H,15,16). The van der Waals surface area contributed by atoms with Crippen LogP contribution in [0.25, 0.3) is 22.6 Å². The van der Waals surface area contributed by atoms with Crippen molar-refractivity contribution in [1.29, 1.82) is 0 Å². The van der Waals surface area contributed by atoms with Gasteiger partial charge in [0.25, 0.3) is 0 Å². The summed E-state index contributed by atoms with van der Waals surface area (Å²) in [6.07, 6.45) is -0.824. The predicted octanol–water partition coefficient (Wildman–Crippen LogP) is 5.28. The zero-order valence-electron chi connectivity index (χ0n) is 24.6. The van der Waals surface area contributed by atoms with E-state index < -0.39 is 35.0 Å². The van der Waals surface area contributed by atoms with Crippen molar-refractivity contribution in [2.75, 3.05) is 45.7 Å². The molecule has 0 saturated carbocycles. The maximum absolute atomic E-state index is 11.4. The van der Waals surface area contributed by atoms with Crippen molar-refractivity contribution in [3.05, 3.63) is 36.4 Å². The van der Waals surface area contributed by atoms with Gasteiger partial charge in [-0.3, -0.25) is 15.4 Å². The molecule has 0 bridgehead atoms. The molecule has 44 heavy (non-hydrogen) atoms. The second-order valence-corrected chi connectivity index (χ2v) is 8.52. The van der Waals surface area contributed by atoms with Gasteiger partial charge in [0.1, 0.15) is 34.1 Å². The number of benzene rings is 2. The number of hydrogen-bond donors (Lipinski definition) is 6. The first-order chi connectivity index (χ1) is 21.0. The van der Waals surface area contributed by atoms with Gasteiger partial charge < -0.3 is 52.9 Å². The van der Waals surface area contributed by atoms with Gasteiger partial charge in [0.05, 0.1) is 35.0 Å². The molecule has 236 valence electrons. The zero-order chi connectivity index (χ0) is 32.6. The molecule has 0 atom stereocenters. The number of amides is 2. The van der Waals surface area contributed by atoms with Gasteiger partial charge in [0, 0.05) is 6.92 Å². The number of carbonyl (C=O) groups is 2. The van der Waals surface area contributed by atoms with Gasteiger partial charge in [-0.2, -0.15) is 0 Å². The monoisotopic (exact) mass is 616 g/mol. The van der Waals surface area contributed by atoms with Crippen molar-refractivity contribution in [1.82, 2.24) is 0 Å². The minimum atomic E-state index is -0.824. The van der Waals surface area contributed by atoms with Gasteiger partial charge in [0.2, 0.25) is 40.7 Å². The van der Waals surface area contributed by atoms with Crippen LogP contribution in [0.4, 0.5) is 16.6 Å². The van der Waals surface area contributed by atoms with Crippen molar-refractivity contribution in [2.45, 2.75) is 13.8 Å². The van der Waals surface area contributed by atoms with E-state index in [9.17, 15) is 30.0 Å². The van der Waals surface area contributed by atoms with Crippen molar-refractivity contribution < 1.29 is 62.5 Å². The molecular weight excluding hydrogens is 584 g/mol. The molecule has 4 aromatic rings. The van der Waals surface area contributed by atoms with Gasteiger partial charge in [-0.15, -0.1) is 0 Å². The molecule has 2 aromatic heterocycles. The second kappa shape index (κ2) is 14.4. The summed E-state index contributed by atoms with van der Waals surface area (Å²) >= 11 is 0. The van der Waals surface area contributed by atoms with E-state index in [1.54, 1.807) is 43.3 Å². The Balaban J connectivity index is 0.000000241. The Morgan fingerprint density at radius 1 is 0.659 bits per heavy atom. The highest BCUT2D eigenvalue weighted by Crippen LogP contribution is 2.51. The molecule has 15 heteroatoms. The highest BCUT2D eigenvalue weighted by molar-refractivity contribution is 5.91. The van der Waals surface area contributed by atoms with E-state index in [4.69, 9.17) is 32.5 Å². The third kappa shape index (κ3) is 6.78. The molecule has 0 spiro atoms. The van der Waals surface area contributed by atoms with Gasteiger partial charge >= 0.3 is 6.09 Å². The first kappa shape index (κ1) is 32.7. The molecule has 0 aliphatic heterocycles. The van der Waals surface area contributed by atoms with E-state index in [0.717, 1.165) is 0 Å². The van der Waals surface area contributed by atoms with E-state index >= 15 is 0 Å². The number of aromatic hydroxyl groups is 4. The molecule has 4 rings (SSSR count). The summed E-state index contributed by atoms with van der Waals surface area (Å²) < 4.78 is 36.2. The third-order valence-electron chi connectivity index (χ3n) is 5.81. The van der Waals surface area contributed by atoms with E-state index in [1.165, 1.54) is 35.4 Å². The molecule has 0 saturated heterocycles. The largest absolute Gasteiger partial charge is 0.502 e. The van der Waals surface area contributed by atoms with Gasteiger partial charge in [-0.1, -0.05) is 12.1 Å². The molecule has 15 nitrogen and oxygen atoms in total. The average Bonchev–Trinajstić information content (AvgIpc) is 3.44. The smallest absolute Gasteiger partial charge is 0.414 e. The summed E-state index contributed by atoms with van der Waals surface area (Å²) in [5.41, 5.74) is 0.620. The quantitative estimate of drug-likeness (QED) is 0.141. The third-order valence-corrected chi connectivity index (χ3v) is 5.81. The number of hydrogen-bond acceptors (Lipinski definition) is 13. The van der Waals surface area contributed by atoms with E-state index in [-0.39, 0.29) is 29.9 Å². The van der Waals surface area contributed by atoms with Crippen LogP contribution in [0.5, 0.6) is 46.0 Å². The Kier molecular flexibility index (Phi) is 10.6. The molecule has 0 aliphatic carbocycles. The van der Waals surface area contributed by atoms with Gasteiger partial charge in [-0.05, 0) is 31.2 Å². The fraction of sp³-hybridized carbons (Fsp3) is 0.241. The Morgan fingerprint density at radius 3 is 1.34 bits per heavy atom. The number of ether oxygens (including phenoxy) is 5. The fourth-order valence-corrected chi connectivity index (χ4v) is 3.91. The molecule has 0 radical (unpaired) electrons. The first-order valence-electron chi connectivity index (χ1n) is 12.8. The summed E-state index contributed by atoms with van der Waals surface area (Å²) in [5, 5.41) is 44.3. The van der Waals surface area contributed by atoms with Crippen molar-refractivity contribution >= 4 is 23.8 Å². The number of methoxy groups -OCH3 is 4. The maximum atomic E-state index is 11.4. The topological polar surface area (TPSA) is 212 Å². The molecule has 2 aromatic carbocycles. The summed E-state index contributed by atoms with van der Waals surface area (Å²) in [6, 6.07) is 9.96. The molecule has 0 unspecified atom stereocenters. The normalized spacial score (nSPS) is 10.2. The molecule has 6 N–H and O–H groups in total. The van der Waals surface area contributed by atoms with Crippen LogP contribution >= 0.6 is 0 Å². The minimum Gasteiger partial charge on any atom is -0.502 e. The Hall–Kier alpha value is -5.86. The zero-order valence-corrected chi connectivity index (χ0v) is 24.6. The van der Waals surface area contributed by atoms with Gasteiger partial charge in [-0.25, -0.2) is 4.79 Å². The predicted molar refractivity (Wildman–Crippen MR) is 156 cm³/mol. The number of anilines is 2. The lowest BCUT2D eigenvalue weighted by Gasteiger charge is -2.11. The summed E-state index contributed by atoms with van der Waals surface area (Å²) in [5.74, 6) is -1.98. The number of carbonyl (C=O) groups excluding carboxylic acids is 2. The lowest BCUT2D eigenvalue weighted by molar-refractivity contribution is -0.114. The van der Waals surface area contributed by atoms with E-state index in [0.29, 0.717) is 34.1 Å². The molecule has 0 fully saturated rings. The lowest BCUT2D eigenvalue weighted by Crippen LogP contribution is -2.12. The fourth-order valence-electron chi connectivity index (χ4n) is 3.91. The number of furan rings is 2. The second-order valence-electron chi connectivity index (χ2n) is 8.52. The van der Waals surface area contributed by atoms with Crippen LogP contribution in [-0.4, -0.2) is 67.5 Å². The number of nitrogens with one attached hydrogen (secondary N) is 2. The molecular formula is C29H32N2O13.